The van der Waals surface area contributed by atoms with Gasteiger partial charge in [-0.25, -0.2) is 4.39 Å². The zero-order valence-electron chi connectivity index (χ0n) is 14.4. The number of alkyl halides is 3. The van der Waals surface area contributed by atoms with Crippen LogP contribution in [-0.4, -0.2) is 22.8 Å². The Hall–Kier alpha value is -2.55. The molecule has 0 unspecified atom stereocenters. The van der Waals surface area contributed by atoms with E-state index >= 15 is 0 Å². The molecule has 0 saturated heterocycles. The van der Waals surface area contributed by atoms with E-state index in [2.05, 4.69) is 0 Å². The van der Waals surface area contributed by atoms with Gasteiger partial charge < -0.3 is 14.4 Å². The van der Waals surface area contributed by atoms with Crippen LogP contribution < -0.4 is 4.74 Å². The standard InChI is InChI=1S/C18H15F4NO3S/c1-9-11(6-17(24)25)12-5-15(26-2)13(19)7-14(12)23(9)8-10-3-4-16(27-10)18(20,21)22/h3-5,7H,6,8H2,1-2H3,(H,24,25). The van der Waals surface area contributed by atoms with Crippen molar-refractivity contribution in [1.29, 1.82) is 0 Å². The smallest absolute Gasteiger partial charge is 0.425 e. The number of thiophene rings is 1. The fraction of sp³-hybridized carbons (Fsp3) is 0.278. The van der Waals surface area contributed by atoms with Crippen LogP contribution in [0.3, 0.4) is 0 Å². The molecule has 0 atom stereocenters. The average molecular weight is 401 g/mol. The van der Waals surface area contributed by atoms with Crippen molar-refractivity contribution >= 4 is 28.2 Å². The second-order valence-corrected chi connectivity index (χ2v) is 7.16. The molecule has 2 heterocycles. The second-order valence-electron chi connectivity index (χ2n) is 5.99. The molecule has 3 rings (SSSR count). The van der Waals surface area contributed by atoms with Crippen molar-refractivity contribution in [3.63, 3.8) is 0 Å². The van der Waals surface area contributed by atoms with Crippen LogP contribution in [0.2, 0.25) is 0 Å². The van der Waals surface area contributed by atoms with Crippen LogP contribution in [0.1, 0.15) is 21.0 Å². The zero-order chi connectivity index (χ0) is 19.9. The van der Waals surface area contributed by atoms with Gasteiger partial charge >= 0.3 is 12.1 Å². The van der Waals surface area contributed by atoms with E-state index in [1.54, 1.807) is 11.5 Å². The molecule has 27 heavy (non-hydrogen) atoms. The van der Waals surface area contributed by atoms with Crippen molar-refractivity contribution in [2.75, 3.05) is 7.11 Å². The molecule has 144 valence electrons. The zero-order valence-corrected chi connectivity index (χ0v) is 15.2. The highest BCUT2D eigenvalue weighted by molar-refractivity contribution is 7.12. The summed E-state index contributed by atoms with van der Waals surface area (Å²) in [6.07, 6.45) is -4.72. The van der Waals surface area contributed by atoms with Crippen LogP contribution in [0.4, 0.5) is 17.6 Å². The van der Waals surface area contributed by atoms with Crippen LogP contribution in [0.25, 0.3) is 10.9 Å². The van der Waals surface area contributed by atoms with Gasteiger partial charge in [-0.15, -0.1) is 11.3 Å². The Morgan fingerprint density at radius 3 is 2.56 bits per heavy atom. The lowest BCUT2D eigenvalue weighted by Crippen LogP contribution is -2.04. The highest BCUT2D eigenvalue weighted by Gasteiger charge is 2.32. The Morgan fingerprint density at radius 1 is 1.30 bits per heavy atom. The van der Waals surface area contributed by atoms with E-state index in [0.717, 1.165) is 6.07 Å². The van der Waals surface area contributed by atoms with E-state index in [-0.39, 0.29) is 18.7 Å². The van der Waals surface area contributed by atoms with E-state index in [4.69, 9.17) is 4.74 Å². The SMILES string of the molecule is COc1cc2c(CC(=O)O)c(C)n(Cc3ccc(C(F)(F)F)s3)c2cc1F. The minimum absolute atomic E-state index is 0.0261. The molecule has 0 spiro atoms. The summed E-state index contributed by atoms with van der Waals surface area (Å²) in [5.74, 6) is -1.72. The molecule has 4 nitrogen and oxygen atoms in total. The summed E-state index contributed by atoms with van der Waals surface area (Å²) in [6.45, 7) is 1.75. The fourth-order valence-corrected chi connectivity index (χ4v) is 3.92. The van der Waals surface area contributed by atoms with Gasteiger partial charge in [0.1, 0.15) is 4.88 Å². The van der Waals surface area contributed by atoms with Gasteiger partial charge in [0.2, 0.25) is 0 Å². The number of aliphatic carboxylic acids is 1. The predicted molar refractivity (Wildman–Crippen MR) is 92.9 cm³/mol. The maximum Gasteiger partial charge on any atom is 0.425 e. The number of hydrogen-bond donors (Lipinski definition) is 1. The third kappa shape index (κ3) is 3.64. The number of halogens is 4. The summed E-state index contributed by atoms with van der Waals surface area (Å²) in [6, 6.07) is 5.01. The number of methoxy groups -OCH3 is 1. The van der Waals surface area contributed by atoms with Crippen molar-refractivity contribution in [2.45, 2.75) is 26.1 Å². The molecule has 0 aliphatic heterocycles. The van der Waals surface area contributed by atoms with Crippen molar-refractivity contribution in [3.05, 3.63) is 51.1 Å². The molecule has 9 heteroatoms. The molecule has 0 fully saturated rings. The highest BCUT2D eigenvalue weighted by atomic mass is 32.1. The molecule has 2 aromatic heterocycles. The molecular formula is C18H15F4NO3S. The first-order valence-electron chi connectivity index (χ1n) is 7.84. The largest absolute Gasteiger partial charge is 0.494 e. The Morgan fingerprint density at radius 2 is 2.00 bits per heavy atom. The molecule has 1 aromatic carbocycles. The van der Waals surface area contributed by atoms with E-state index in [0.29, 0.717) is 38.4 Å². The molecule has 0 saturated carbocycles. The number of fused-ring (bicyclic) bond motifs is 1. The minimum atomic E-state index is -4.43. The number of ether oxygens (including phenoxy) is 1. The number of carbonyl (C=O) groups is 1. The number of carboxylic acid groups (broad SMARTS) is 1. The Balaban J connectivity index is 2.14. The fourth-order valence-electron chi connectivity index (χ4n) is 3.05. The van der Waals surface area contributed by atoms with E-state index < -0.39 is 22.8 Å². The first-order chi connectivity index (χ1) is 12.6. The number of benzene rings is 1. The van der Waals surface area contributed by atoms with Crippen molar-refractivity contribution in [2.24, 2.45) is 0 Å². The first-order valence-corrected chi connectivity index (χ1v) is 8.66. The van der Waals surface area contributed by atoms with Crippen LogP contribution in [0, 0.1) is 12.7 Å². The second kappa shape index (κ2) is 6.88. The summed E-state index contributed by atoms with van der Waals surface area (Å²) in [4.78, 5) is 10.9. The molecule has 0 amide bonds. The van der Waals surface area contributed by atoms with Crippen molar-refractivity contribution in [1.82, 2.24) is 4.57 Å². The monoisotopic (exact) mass is 401 g/mol. The van der Waals surface area contributed by atoms with Gasteiger partial charge in [-0.2, -0.15) is 13.2 Å². The van der Waals surface area contributed by atoms with Crippen LogP contribution >= 0.6 is 11.3 Å². The lowest BCUT2D eigenvalue weighted by atomic mass is 10.1. The predicted octanol–water partition coefficient (Wildman–Crippen LogP) is 4.85. The number of hydrogen-bond acceptors (Lipinski definition) is 3. The summed E-state index contributed by atoms with van der Waals surface area (Å²) in [5, 5.41) is 9.69. The van der Waals surface area contributed by atoms with Gasteiger partial charge in [0.05, 0.1) is 25.6 Å². The lowest BCUT2D eigenvalue weighted by Gasteiger charge is -2.08. The molecule has 0 aliphatic carbocycles. The van der Waals surface area contributed by atoms with Gasteiger partial charge in [0.15, 0.2) is 11.6 Å². The van der Waals surface area contributed by atoms with Gasteiger partial charge in [-0.05, 0) is 30.7 Å². The molecule has 0 aliphatic rings. The topological polar surface area (TPSA) is 51.5 Å². The number of carboxylic acids is 1. The van der Waals surface area contributed by atoms with Crippen molar-refractivity contribution in [3.8, 4) is 5.75 Å². The maximum atomic E-state index is 14.2. The number of rotatable bonds is 5. The average Bonchev–Trinajstić information content (AvgIpc) is 3.13. The van der Waals surface area contributed by atoms with Crippen molar-refractivity contribution < 1.29 is 32.2 Å². The van der Waals surface area contributed by atoms with Crippen LogP contribution in [-0.2, 0) is 23.9 Å². The molecule has 0 radical (unpaired) electrons. The van der Waals surface area contributed by atoms with Gasteiger partial charge in [0.25, 0.3) is 0 Å². The van der Waals surface area contributed by atoms with Gasteiger partial charge in [0, 0.05) is 22.0 Å². The maximum absolute atomic E-state index is 14.2. The highest BCUT2D eigenvalue weighted by Crippen LogP contribution is 2.36. The summed E-state index contributed by atoms with van der Waals surface area (Å²) < 4.78 is 59.3. The molecule has 1 N–H and O–H groups in total. The van der Waals surface area contributed by atoms with E-state index in [9.17, 15) is 27.5 Å². The Bertz CT molecular complexity index is 1020. The summed E-state index contributed by atoms with van der Waals surface area (Å²) in [7, 11) is 1.30. The first kappa shape index (κ1) is 19.2. The normalized spacial score (nSPS) is 11.9. The molecule has 3 aromatic rings. The van der Waals surface area contributed by atoms with E-state index in [1.165, 1.54) is 25.3 Å². The van der Waals surface area contributed by atoms with Crippen LogP contribution in [0.15, 0.2) is 24.3 Å². The Kier molecular flexibility index (Phi) is 4.90. The third-order valence-corrected chi connectivity index (χ3v) is 5.43. The van der Waals surface area contributed by atoms with Crippen LogP contribution in [0.5, 0.6) is 5.75 Å². The minimum Gasteiger partial charge on any atom is -0.494 e. The quantitative estimate of drug-likeness (QED) is 0.622. The molecular weight excluding hydrogens is 386 g/mol. The van der Waals surface area contributed by atoms with Gasteiger partial charge in [-0.1, -0.05) is 0 Å². The summed E-state index contributed by atoms with van der Waals surface area (Å²) >= 11 is 0.606. The Labute approximate surface area is 155 Å². The number of nitrogens with zero attached hydrogens (tertiary/aromatic N) is 1. The summed E-state index contributed by atoms with van der Waals surface area (Å²) in [5.41, 5.74) is 1.44. The van der Waals surface area contributed by atoms with E-state index in [1.807, 2.05) is 0 Å². The lowest BCUT2D eigenvalue weighted by molar-refractivity contribution is -0.136. The number of aromatic nitrogens is 1. The van der Waals surface area contributed by atoms with Gasteiger partial charge in [-0.3, -0.25) is 4.79 Å². The third-order valence-electron chi connectivity index (χ3n) is 4.31. The molecule has 0 bridgehead atoms.